The second kappa shape index (κ2) is 4.37. The summed E-state index contributed by atoms with van der Waals surface area (Å²) in [6.07, 6.45) is 0. The van der Waals surface area contributed by atoms with E-state index in [1.165, 1.54) is 0 Å². The lowest BCUT2D eigenvalue weighted by atomic mass is 10.2. The van der Waals surface area contributed by atoms with E-state index >= 15 is 0 Å². The number of halogens is 1. The van der Waals surface area contributed by atoms with Gasteiger partial charge in [-0.25, -0.2) is 0 Å². The molecule has 16 heavy (non-hydrogen) atoms. The molecule has 2 N–H and O–H groups in total. The molecule has 0 amide bonds. The van der Waals surface area contributed by atoms with Gasteiger partial charge in [0.1, 0.15) is 11.6 Å². The number of benzene rings is 1. The number of aryl methyl sites for hydroxylation is 1. The van der Waals surface area contributed by atoms with Crippen molar-refractivity contribution in [3.05, 3.63) is 40.9 Å². The maximum Gasteiger partial charge on any atom is 0.238 e. The summed E-state index contributed by atoms with van der Waals surface area (Å²) < 4.78 is 5.48. The van der Waals surface area contributed by atoms with Gasteiger partial charge in [0.2, 0.25) is 5.88 Å². The van der Waals surface area contributed by atoms with Crippen molar-refractivity contribution in [2.75, 3.05) is 5.73 Å². The molecule has 0 aliphatic carbocycles. The van der Waals surface area contributed by atoms with Crippen molar-refractivity contribution in [1.29, 1.82) is 0 Å². The Kier molecular flexibility index (Phi) is 2.92. The van der Waals surface area contributed by atoms with Crippen LogP contribution < -0.4 is 10.5 Å². The number of nitrogens with two attached hydrogens (primary N) is 1. The molecule has 0 fully saturated rings. The Morgan fingerprint density at radius 3 is 2.62 bits per heavy atom. The van der Waals surface area contributed by atoms with E-state index < -0.39 is 0 Å². The van der Waals surface area contributed by atoms with E-state index in [-0.39, 0.29) is 0 Å². The number of aromatic nitrogens is 2. The van der Waals surface area contributed by atoms with Crippen LogP contribution in [-0.2, 0) is 0 Å². The Morgan fingerprint density at radius 1 is 1.19 bits per heavy atom. The van der Waals surface area contributed by atoms with Gasteiger partial charge in [0.05, 0.1) is 0 Å². The summed E-state index contributed by atoms with van der Waals surface area (Å²) in [6.45, 7) is 1.91. The molecule has 0 aliphatic rings. The van der Waals surface area contributed by atoms with E-state index in [2.05, 4.69) is 10.2 Å². The van der Waals surface area contributed by atoms with E-state index in [1.807, 2.05) is 13.0 Å². The molecule has 1 aromatic carbocycles. The molecule has 0 aliphatic heterocycles. The van der Waals surface area contributed by atoms with Crippen molar-refractivity contribution in [3.8, 4) is 11.6 Å². The van der Waals surface area contributed by atoms with Crippen LogP contribution >= 0.6 is 11.6 Å². The highest BCUT2D eigenvalue weighted by molar-refractivity contribution is 6.31. The lowest BCUT2D eigenvalue weighted by Gasteiger charge is -2.05. The summed E-state index contributed by atoms with van der Waals surface area (Å²) in [5.41, 5.74) is 6.36. The third kappa shape index (κ3) is 2.41. The fraction of sp³-hybridized carbons (Fsp3) is 0.0909. The number of ether oxygens (including phenoxy) is 1. The van der Waals surface area contributed by atoms with Gasteiger partial charge >= 0.3 is 0 Å². The van der Waals surface area contributed by atoms with Gasteiger partial charge in [0.15, 0.2) is 0 Å². The van der Waals surface area contributed by atoms with Gasteiger partial charge in [-0.3, -0.25) is 0 Å². The van der Waals surface area contributed by atoms with Gasteiger partial charge in [-0.2, -0.15) is 0 Å². The molecule has 5 heteroatoms. The molecule has 0 saturated carbocycles. The predicted molar refractivity (Wildman–Crippen MR) is 62.7 cm³/mol. The Labute approximate surface area is 98.0 Å². The molecular weight excluding hydrogens is 226 g/mol. The van der Waals surface area contributed by atoms with Crippen LogP contribution in [0.25, 0.3) is 0 Å². The zero-order valence-corrected chi connectivity index (χ0v) is 9.40. The lowest BCUT2D eigenvalue weighted by Crippen LogP contribution is -1.94. The maximum atomic E-state index is 5.90. The van der Waals surface area contributed by atoms with E-state index in [1.54, 1.807) is 24.3 Å². The van der Waals surface area contributed by atoms with Crippen LogP contribution in [0.15, 0.2) is 30.3 Å². The summed E-state index contributed by atoms with van der Waals surface area (Å²) in [6, 6.07) is 8.67. The van der Waals surface area contributed by atoms with Gasteiger partial charge in [0.25, 0.3) is 0 Å². The zero-order valence-electron chi connectivity index (χ0n) is 8.64. The second-order valence-electron chi connectivity index (χ2n) is 3.31. The summed E-state index contributed by atoms with van der Waals surface area (Å²) in [7, 11) is 0. The molecular formula is C11H10ClN3O. The summed E-state index contributed by atoms with van der Waals surface area (Å²) in [4.78, 5) is 0. The molecule has 0 unspecified atom stereocenters. The third-order valence-corrected chi connectivity index (χ3v) is 2.44. The predicted octanol–water partition coefficient (Wildman–Crippen LogP) is 2.81. The number of rotatable bonds is 2. The van der Waals surface area contributed by atoms with Gasteiger partial charge in [-0.15, -0.1) is 10.2 Å². The number of hydrogen-bond acceptors (Lipinski definition) is 4. The van der Waals surface area contributed by atoms with Crippen molar-refractivity contribution in [1.82, 2.24) is 10.2 Å². The fourth-order valence-electron chi connectivity index (χ4n) is 1.19. The number of nitrogen functional groups attached to an aromatic ring is 1. The van der Waals surface area contributed by atoms with Crippen LogP contribution in [0, 0.1) is 6.92 Å². The number of hydrogen-bond donors (Lipinski definition) is 1. The van der Waals surface area contributed by atoms with Gasteiger partial charge in [0, 0.05) is 11.1 Å². The lowest BCUT2D eigenvalue weighted by molar-refractivity contribution is 0.455. The topological polar surface area (TPSA) is 61.0 Å². The Bertz CT molecular complexity index is 499. The monoisotopic (exact) mass is 235 g/mol. The Hall–Kier alpha value is -1.81. The third-order valence-electron chi connectivity index (χ3n) is 2.01. The van der Waals surface area contributed by atoms with Crippen molar-refractivity contribution < 1.29 is 4.74 Å². The molecule has 0 radical (unpaired) electrons. The summed E-state index contributed by atoms with van der Waals surface area (Å²) in [5, 5.41) is 8.19. The maximum absolute atomic E-state index is 5.90. The fourth-order valence-corrected chi connectivity index (χ4v) is 1.30. The molecule has 0 bridgehead atoms. The largest absolute Gasteiger partial charge is 0.438 e. The molecule has 1 heterocycles. The number of nitrogens with zero attached hydrogens (tertiary/aromatic N) is 2. The molecule has 1 aromatic heterocycles. The van der Waals surface area contributed by atoms with Gasteiger partial charge in [-0.1, -0.05) is 11.6 Å². The smallest absolute Gasteiger partial charge is 0.238 e. The van der Waals surface area contributed by atoms with Crippen LogP contribution in [0.5, 0.6) is 11.6 Å². The highest BCUT2D eigenvalue weighted by Crippen LogP contribution is 2.24. The second-order valence-corrected chi connectivity index (χ2v) is 3.72. The minimum absolute atomic E-state index is 0.361. The number of anilines is 1. The van der Waals surface area contributed by atoms with Crippen LogP contribution in [0.3, 0.4) is 0 Å². The minimum atomic E-state index is 0.361. The first-order valence-corrected chi connectivity index (χ1v) is 5.06. The SMILES string of the molecule is Cc1cc(Oc2ccc(N)nn2)ccc1Cl. The summed E-state index contributed by atoms with van der Waals surface area (Å²) in [5.74, 6) is 1.43. The zero-order chi connectivity index (χ0) is 11.5. The molecule has 0 saturated heterocycles. The van der Waals surface area contributed by atoms with Crippen molar-refractivity contribution in [3.63, 3.8) is 0 Å². The summed E-state index contributed by atoms with van der Waals surface area (Å²) >= 11 is 5.90. The first kappa shape index (κ1) is 10.7. The van der Waals surface area contributed by atoms with E-state index in [0.29, 0.717) is 22.5 Å². The molecule has 0 atom stereocenters. The Morgan fingerprint density at radius 2 is 2.00 bits per heavy atom. The molecule has 2 aromatic rings. The average molecular weight is 236 g/mol. The highest BCUT2D eigenvalue weighted by atomic mass is 35.5. The van der Waals surface area contributed by atoms with Crippen molar-refractivity contribution in [2.24, 2.45) is 0 Å². The Balaban J connectivity index is 2.20. The van der Waals surface area contributed by atoms with E-state index in [4.69, 9.17) is 22.1 Å². The van der Waals surface area contributed by atoms with E-state index in [9.17, 15) is 0 Å². The quantitative estimate of drug-likeness (QED) is 0.870. The highest BCUT2D eigenvalue weighted by Gasteiger charge is 2.01. The van der Waals surface area contributed by atoms with Crippen LogP contribution in [0.1, 0.15) is 5.56 Å². The molecule has 4 nitrogen and oxygen atoms in total. The standard InChI is InChI=1S/C11H10ClN3O/c1-7-6-8(2-3-9(7)12)16-11-5-4-10(13)14-15-11/h2-6H,1H3,(H2,13,14). The molecule has 2 rings (SSSR count). The normalized spacial score (nSPS) is 10.1. The van der Waals surface area contributed by atoms with Crippen LogP contribution in [0.4, 0.5) is 5.82 Å². The first-order valence-electron chi connectivity index (χ1n) is 4.68. The van der Waals surface area contributed by atoms with E-state index in [0.717, 1.165) is 5.56 Å². The molecule has 82 valence electrons. The minimum Gasteiger partial charge on any atom is -0.438 e. The molecule has 0 spiro atoms. The average Bonchev–Trinajstić information content (AvgIpc) is 2.27. The van der Waals surface area contributed by atoms with Crippen LogP contribution in [0.2, 0.25) is 5.02 Å². The van der Waals surface area contributed by atoms with Gasteiger partial charge < -0.3 is 10.5 Å². The van der Waals surface area contributed by atoms with Gasteiger partial charge in [-0.05, 0) is 36.8 Å². The van der Waals surface area contributed by atoms with Crippen molar-refractivity contribution in [2.45, 2.75) is 6.92 Å². The van der Waals surface area contributed by atoms with Crippen LogP contribution in [-0.4, -0.2) is 10.2 Å². The van der Waals surface area contributed by atoms with Crippen molar-refractivity contribution >= 4 is 17.4 Å². The first-order chi connectivity index (χ1) is 7.65.